The summed E-state index contributed by atoms with van der Waals surface area (Å²) < 4.78 is 10.8. The highest BCUT2D eigenvalue weighted by atomic mass is 16.6. The van der Waals surface area contributed by atoms with Crippen molar-refractivity contribution in [3.63, 3.8) is 0 Å². The second-order valence-corrected chi connectivity index (χ2v) is 12.1. The molecular formula is C36H47N3O5. The molecule has 0 fully saturated rings. The molecule has 0 spiro atoms. The molecule has 0 bridgehead atoms. The van der Waals surface area contributed by atoms with E-state index in [1.807, 2.05) is 62.4 Å². The summed E-state index contributed by atoms with van der Waals surface area (Å²) in [5, 5.41) is 5.85. The molecule has 0 radical (unpaired) electrons. The lowest BCUT2D eigenvalue weighted by atomic mass is 9.95. The number of ether oxygens (including phenoxy) is 2. The van der Waals surface area contributed by atoms with E-state index in [1.165, 1.54) is 0 Å². The summed E-state index contributed by atoms with van der Waals surface area (Å²) in [6.07, 6.45) is 2.07. The molecule has 44 heavy (non-hydrogen) atoms. The van der Waals surface area contributed by atoms with Crippen LogP contribution < -0.4 is 15.4 Å². The molecular weight excluding hydrogens is 554 g/mol. The van der Waals surface area contributed by atoms with E-state index in [-0.39, 0.29) is 18.2 Å². The highest BCUT2D eigenvalue weighted by molar-refractivity contribution is 5.99. The predicted octanol–water partition coefficient (Wildman–Crippen LogP) is 7.15. The number of benzene rings is 3. The summed E-state index contributed by atoms with van der Waals surface area (Å²) in [6, 6.07) is 20.6. The van der Waals surface area contributed by atoms with Gasteiger partial charge in [-0.05, 0) is 82.0 Å². The van der Waals surface area contributed by atoms with Crippen LogP contribution in [0, 0.1) is 13.8 Å². The fraction of sp³-hybridized carbons (Fsp3) is 0.417. The third-order valence-electron chi connectivity index (χ3n) is 7.19. The summed E-state index contributed by atoms with van der Waals surface area (Å²) in [7, 11) is 1.58. The van der Waals surface area contributed by atoms with Crippen molar-refractivity contribution in [3.8, 4) is 5.75 Å². The Morgan fingerprint density at radius 1 is 0.909 bits per heavy atom. The Kier molecular flexibility index (Phi) is 12.4. The molecule has 2 unspecified atom stereocenters. The zero-order valence-corrected chi connectivity index (χ0v) is 27.1. The number of hydrogen-bond acceptors (Lipinski definition) is 5. The number of carbonyl (C=O) groups excluding carboxylic acids is 3. The van der Waals surface area contributed by atoms with E-state index in [1.54, 1.807) is 57.0 Å². The Morgan fingerprint density at radius 2 is 1.59 bits per heavy atom. The number of aryl methyl sites for hydroxylation is 2. The fourth-order valence-electron chi connectivity index (χ4n) is 5.07. The molecule has 0 saturated heterocycles. The summed E-state index contributed by atoms with van der Waals surface area (Å²) in [5.74, 6) is -0.0318. The number of anilines is 1. The Labute approximate surface area is 262 Å². The van der Waals surface area contributed by atoms with Crippen LogP contribution >= 0.6 is 0 Å². The number of nitrogens with one attached hydrogen (secondary N) is 2. The minimum Gasteiger partial charge on any atom is -0.497 e. The summed E-state index contributed by atoms with van der Waals surface area (Å²) in [4.78, 5) is 43.5. The molecule has 3 aromatic carbocycles. The summed E-state index contributed by atoms with van der Waals surface area (Å²) in [6.45, 7) is 11.7. The number of amides is 3. The number of alkyl carbamates (subject to hydrolysis) is 1. The van der Waals surface area contributed by atoms with E-state index < -0.39 is 23.8 Å². The van der Waals surface area contributed by atoms with Crippen LogP contribution in [0.5, 0.6) is 5.75 Å². The summed E-state index contributed by atoms with van der Waals surface area (Å²) >= 11 is 0. The number of nitrogens with zero attached hydrogens (tertiary/aromatic N) is 1. The van der Waals surface area contributed by atoms with Crippen LogP contribution in [0.3, 0.4) is 0 Å². The molecule has 0 heterocycles. The lowest BCUT2D eigenvalue weighted by Crippen LogP contribution is -2.53. The first kappa shape index (κ1) is 34.2. The standard InChI is InChI=1S/C36H47N3O5/c1-8-9-13-22-39(34(41)31(24-27-14-11-10-12-15-27)38-35(42)44-36(4,5)6)32(30-21-16-25(2)23-26(30)3)33(40)37-28-17-19-29(43-7)20-18-28/h10-12,14-21,23,31-32H,8-9,13,22,24H2,1-7H3,(H,37,40)(H,38,42). The molecule has 2 atom stereocenters. The molecule has 0 aromatic heterocycles. The lowest BCUT2D eigenvalue weighted by Gasteiger charge is -2.35. The molecule has 0 saturated carbocycles. The van der Waals surface area contributed by atoms with Crippen LogP contribution in [0.2, 0.25) is 0 Å². The third-order valence-corrected chi connectivity index (χ3v) is 7.19. The molecule has 8 heteroatoms. The topological polar surface area (TPSA) is 97.0 Å². The first-order valence-electron chi connectivity index (χ1n) is 15.3. The van der Waals surface area contributed by atoms with Crippen molar-refractivity contribution in [3.05, 3.63) is 95.1 Å². The zero-order chi connectivity index (χ0) is 32.3. The van der Waals surface area contributed by atoms with Gasteiger partial charge in [-0.3, -0.25) is 9.59 Å². The van der Waals surface area contributed by atoms with Crippen molar-refractivity contribution in [1.29, 1.82) is 0 Å². The van der Waals surface area contributed by atoms with E-state index in [9.17, 15) is 14.4 Å². The normalized spacial score (nSPS) is 12.5. The SMILES string of the molecule is CCCCCN(C(=O)C(Cc1ccccc1)NC(=O)OC(C)(C)C)C(C(=O)Nc1ccc(OC)cc1)c1ccc(C)cc1C. The van der Waals surface area contributed by atoms with Crippen molar-refractivity contribution in [2.24, 2.45) is 0 Å². The molecule has 236 valence electrons. The lowest BCUT2D eigenvalue weighted by molar-refractivity contribution is -0.140. The largest absolute Gasteiger partial charge is 0.497 e. The molecule has 8 nitrogen and oxygen atoms in total. The van der Waals surface area contributed by atoms with Gasteiger partial charge in [0.15, 0.2) is 0 Å². The maximum Gasteiger partial charge on any atom is 0.408 e. The quantitative estimate of drug-likeness (QED) is 0.203. The average Bonchev–Trinajstić information content (AvgIpc) is 2.97. The van der Waals surface area contributed by atoms with Crippen LogP contribution in [0.1, 0.15) is 75.3 Å². The number of carbonyl (C=O) groups is 3. The Balaban J connectivity index is 2.08. The Morgan fingerprint density at radius 3 is 2.18 bits per heavy atom. The van der Waals surface area contributed by atoms with Gasteiger partial charge >= 0.3 is 6.09 Å². The molecule has 0 aliphatic rings. The Hall–Kier alpha value is -4.33. The van der Waals surface area contributed by atoms with E-state index in [2.05, 4.69) is 17.6 Å². The number of hydrogen-bond donors (Lipinski definition) is 2. The second kappa shape index (κ2) is 15.9. The average molecular weight is 602 g/mol. The minimum absolute atomic E-state index is 0.239. The number of unbranched alkanes of at least 4 members (excludes halogenated alkanes) is 2. The van der Waals surface area contributed by atoms with Gasteiger partial charge in [-0.15, -0.1) is 0 Å². The number of methoxy groups -OCH3 is 1. The highest BCUT2D eigenvalue weighted by Gasteiger charge is 2.37. The van der Waals surface area contributed by atoms with Gasteiger partial charge < -0.3 is 25.0 Å². The monoisotopic (exact) mass is 601 g/mol. The fourth-order valence-corrected chi connectivity index (χ4v) is 5.07. The van der Waals surface area contributed by atoms with E-state index in [4.69, 9.17) is 9.47 Å². The smallest absolute Gasteiger partial charge is 0.408 e. The zero-order valence-electron chi connectivity index (χ0n) is 27.1. The van der Waals surface area contributed by atoms with Crippen LogP contribution in [-0.2, 0) is 20.7 Å². The van der Waals surface area contributed by atoms with Gasteiger partial charge in [0.1, 0.15) is 23.4 Å². The second-order valence-electron chi connectivity index (χ2n) is 12.1. The van der Waals surface area contributed by atoms with Gasteiger partial charge in [0.25, 0.3) is 5.91 Å². The van der Waals surface area contributed by atoms with Gasteiger partial charge in [0.05, 0.1) is 7.11 Å². The van der Waals surface area contributed by atoms with Crippen molar-refractivity contribution in [2.75, 3.05) is 19.0 Å². The molecule has 3 rings (SSSR count). The van der Waals surface area contributed by atoms with Crippen molar-refractivity contribution < 1.29 is 23.9 Å². The Bertz CT molecular complexity index is 1380. The number of rotatable bonds is 13. The van der Waals surface area contributed by atoms with Crippen molar-refractivity contribution in [1.82, 2.24) is 10.2 Å². The van der Waals surface area contributed by atoms with Gasteiger partial charge in [-0.25, -0.2) is 4.79 Å². The molecule has 0 aliphatic carbocycles. The van der Waals surface area contributed by atoms with Crippen LogP contribution in [0.4, 0.5) is 10.5 Å². The molecule has 3 amide bonds. The van der Waals surface area contributed by atoms with Crippen molar-refractivity contribution >= 4 is 23.6 Å². The van der Waals surface area contributed by atoms with Crippen LogP contribution in [0.15, 0.2) is 72.8 Å². The van der Waals surface area contributed by atoms with E-state index in [0.717, 1.165) is 35.1 Å². The van der Waals surface area contributed by atoms with Gasteiger partial charge in [0, 0.05) is 18.7 Å². The highest BCUT2D eigenvalue weighted by Crippen LogP contribution is 2.29. The van der Waals surface area contributed by atoms with Gasteiger partial charge in [-0.1, -0.05) is 73.9 Å². The predicted molar refractivity (Wildman–Crippen MR) is 175 cm³/mol. The molecule has 3 aromatic rings. The van der Waals surface area contributed by atoms with Gasteiger partial charge in [0.2, 0.25) is 5.91 Å². The van der Waals surface area contributed by atoms with E-state index in [0.29, 0.717) is 24.4 Å². The molecule has 0 aliphatic heterocycles. The van der Waals surface area contributed by atoms with Crippen LogP contribution in [-0.4, -0.2) is 48.1 Å². The maximum absolute atomic E-state index is 14.6. The van der Waals surface area contributed by atoms with E-state index >= 15 is 0 Å². The maximum atomic E-state index is 14.6. The van der Waals surface area contributed by atoms with Crippen LogP contribution in [0.25, 0.3) is 0 Å². The third kappa shape index (κ3) is 10.1. The van der Waals surface area contributed by atoms with Gasteiger partial charge in [-0.2, -0.15) is 0 Å². The molecule has 2 N–H and O–H groups in total. The minimum atomic E-state index is -0.962. The van der Waals surface area contributed by atoms with Crippen molar-refractivity contribution in [2.45, 2.75) is 84.9 Å². The first-order chi connectivity index (χ1) is 20.9. The summed E-state index contributed by atoms with van der Waals surface area (Å²) in [5.41, 5.74) is 3.39. The first-order valence-corrected chi connectivity index (χ1v) is 15.3.